The van der Waals surface area contributed by atoms with E-state index in [1.54, 1.807) is 0 Å². The summed E-state index contributed by atoms with van der Waals surface area (Å²) in [5.74, 6) is 2.21. The van der Waals surface area contributed by atoms with Crippen LogP contribution in [0.1, 0.15) is 13.8 Å². The monoisotopic (exact) mass is 397 g/mol. The molecule has 5 nitrogen and oxygen atoms in total. The van der Waals surface area contributed by atoms with E-state index in [0.29, 0.717) is 5.75 Å². The number of ether oxygens (including phenoxy) is 3. The van der Waals surface area contributed by atoms with Gasteiger partial charge < -0.3 is 31.7 Å². The third-order valence-corrected chi connectivity index (χ3v) is 4.99. The fourth-order valence-corrected chi connectivity index (χ4v) is 3.86. The van der Waals surface area contributed by atoms with Gasteiger partial charge in [0.1, 0.15) is 7.05 Å². The first-order valence-electron chi connectivity index (χ1n) is 9.00. The predicted octanol–water partition coefficient (Wildman–Crippen LogP) is 1.20. The van der Waals surface area contributed by atoms with Crippen LogP contribution < -0.4 is 31.2 Å². The number of phenolic OH excluding ortho intramolecular Hbond substituents is 1. The molecule has 28 heavy (non-hydrogen) atoms. The molecule has 0 spiro atoms. The lowest BCUT2D eigenvalue weighted by atomic mass is 10.00. The summed E-state index contributed by atoms with van der Waals surface area (Å²) in [6.45, 7) is 4.14. The Hall–Kier alpha value is -2.92. The van der Waals surface area contributed by atoms with E-state index >= 15 is 0 Å². The molecule has 1 N–H and O–H groups in total. The molecule has 0 aliphatic carbocycles. The van der Waals surface area contributed by atoms with Gasteiger partial charge in [-0.2, -0.15) is 4.57 Å². The molecule has 2 heterocycles. The minimum atomic E-state index is -0.00388. The first kappa shape index (κ1) is 18.4. The summed E-state index contributed by atoms with van der Waals surface area (Å²) in [4.78, 5) is 0. The SMILES string of the molecule is CC(C)Oc1ccc2c(c[n+](C)c3c4cc5c(cc4ccc23)OCO5)c1O.[Cl-]. The molecule has 1 aliphatic heterocycles. The van der Waals surface area contributed by atoms with Crippen LogP contribution in [-0.2, 0) is 7.05 Å². The number of aromatic hydroxyl groups is 1. The number of aromatic nitrogens is 1. The van der Waals surface area contributed by atoms with Gasteiger partial charge in [0.15, 0.2) is 29.2 Å². The number of phenols is 1. The Morgan fingerprint density at radius 3 is 2.43 bits per heavy atom. The average molecular weight is 398 g/mol. The first-order valence-corrected chi connectivity index (χ1v) is 9.00. The molecule has 1 aliphatic rings. The number of hydrogen-bond acceptors (Lipinski definition) is 4. The molecular weight excluding hydrogens is 378 g/mol. The van der Waals surface area contributed by atoms with Crippen LogP contribution in [0, 0.1) is 0 Å². The van der Waals surface area contributed by atoms with Crippen molar-refractivity contribution in [1.82, 2.24) is 0 Å². The second-order valence-electron chi connectivity index (χ2n) is 7.17. The molecule has 0 amide bonds. The van der Waals surface area contributed by atoms with E-state index in [1.165, 1.54) is 0 Å². The highest BCUT2D eigenvalue weighted by Crippen LogP contribution is 2.41. The van der Waals surface area contributed by atoms with Crippen molar-refractivity contribution in [1.29, 1.82) is 0 Å². The quantitative estimate of drug-likeness (QED) is 0.408. The molecule has 0 bridgehead atoms. The van der Waals surface area contributed by atoms with Gasteiger partial charge in [0.2, 0.25) is 12.3 Å². The summed E-state index contributed by atoms with van der Waals surface area (Å²) in [5, 5.41) is 15.7. The molecule has 1 aromatic heterocycles. The average Bonchev–Trinajstić information content (AvgIpc) is 3.09. The Labute approximate surface area is 168 Å². The van der Waals surface area contributed by atoms with Crippen LogP contribution in [-0.4, -0.2) is 18.0 Å². The Kier molecular flexibility index (Phi) is 4.35. The zero-order chi connectivity index (χ0) is 18.7. The maximum atomic E-state index is 10.7. The van der Waals surface area contributed by atoms with Crippen molar-refractivity contribution in [3.8, 4) is 23.0 Å². The van der Waals surface area contributed by atoms with Gasteiger partial charge in [0, 0.05) is 5.39 Å². The predicted molar refractivity (Wildman–Crippen MR) is 104 cm³/mol. The standard InChI is InChI=1S/C22H19NO4.ClH/c1-12(2)27-18-7-6-14-15-5-4-13-8-19-20(26-11-25-19)9-16(13)21(15)23(3)10-17(14)22(18)24;/h4-10,12H,11H2,1-3H3;1H. The van der Waals surface area contributed by atoms with Gasteiger partial charge in [-0.1, -0.05) is 6.07 Å². The van der Waals surface area contributed by atoms with Crippen LogP contribution in [0.2, 0.25) is 0 Å². The molecule has 0 unspecified atom stereocenters. The van der Waals surface area contributed by atoms with E-state index in [1.807, 2.05) is 55.9 Å². The van der Waals surface area contributed by atoms with Crippen LogP contribution in [0.4, 0.5) is 0 Å². The molecular formula is C22H20ClNO4. The van der Waals surface area contributed by atoms with Gasteiger partial charge in [0.25, 0.3) is 0 Å². The number of fused-ring (bicyclic) bond motifs is 6. The highest BCUT2D eigenvalue weighted by molar-refractivity contribution is 6.15. The van der Waals surface area contributed by atoms with Crippen LogP contribution in [0.5, 0.6) is 23.0 Å². The van der Waals surface area contributed by atoms with Gasteiger partial charge in [0.05, 0.1) is 22.3 Å². The van der Waals surface area contributed by atoms with E-state index in [4.69, 9.17) is 14.2 Å². The number of aryl methyl sites for hydroxylation is 1. The van der Waals surface area contributed by atoms with Gasteiger partial charge in [-0.15, -0.1) is 0 Å². The number of nitrogens with zero attached hydrogens (tertiary/aromatic N) is 1. The Bertz CT molecular complexity index is 1240. The van der Waals surface area contributed by atoms with Crippen molar-refractivity contribution in [3.63, 3.8) is 0 Å². The minimum Gasteiger partial charge on any atom is -1.00 e. The van der Waals surface area contributed by atoms with Crippen molar-refractivity contribution < 1.29 is 36.3 Å². The summed E-state index contributed by atoms with van der Waals surface area (Å²) in [6, 6.07) is 12.1. The van der Waals surface area contributed by atoms with Crippen molar-refractivity contribution in [2.45, 2.75) is 20.0 Å². The third kappa shape index (κ3) is 2.66. The zero-order valence-electron chi connectivity index (χ0n) is 15.8. The highest BCUT2D eigenvalue weighted by atomic mass is 35.5. The van der Waals surface area contributed by atoms with Gasteiger partial charge in [-0.25, -0.2) is 0 Å². The van der Waals surface area contributed by atoms with Crippen LogP contribution in [0.25, 0.3) is 32.4 Å². The number of benzene rings is 3. The number of rotatable bonds is 2. The van der Waals surface area contributed by atoms with Gasteiger partial charge in [-0.05, 0) is 49.6 Å². The molecule has 6 heteroatoms. The molecule has 0 fully saturated rings. The molecule has 0 saturated carbocycles. The van der Waals surface area contributed by atoms with E-state index in [9.17, 15) is 5.11 Å². The maximum absolute atomic E-state index is 10.7. The normalized spacial score (nSPS) is 12.7. The summed E-state index contributed by atoms with van der Waals surface area (Å²) >= 11 is 0. The van der Waals surface area contributed by atoms with Crippen molar-refractivity contribution >= 4 is 32.4 Å². The van der Waals surface area contributed by atoms with E-state index in [0.717, 1.165) is 43.9 Å². The van der Waals surface area contributed by atoms with Crippen LogP contribution >= 0.6 is 0 Å². The first-order chi connectivity index (χ1) is 13.0. The Morgan fingerprint density at radius 1 is 0.964 bits per heavy atom. The lowest BCUT2D eigenvalue weighted by Gasteiger charge is -2.13. The molecule has 4 aromatic rings. The summed E-state index contributed by atoms with van der Waals surface area (Å²) in [7, 11) is 1.99. The molecule has 0 radical (unpaired) electrons. The largest absolute Gasteiger partial charge is 1.00 e. The summed E-state index contributed by atoms with van der Waals surface area (Å²) in [6.07, 6.45) is 1.94. The second-order valence-corrected chi connectivity index (χ2v) is 7.17. The number of halogens is 1. The molecule has 0 atom stereocenters. The maximum Gasteiger partial charge on any atom is 0.231 e. The topological polar surface area (TPSA) is 51.8 Å². The Balaban J connectivity index is 0.00000192. The van der Waals surface area contributed by atoms with E-state index in [-0.39, 0.29) is 31.1 Å². The van der Waals surface area contributed by atoms with Crippen molar-refractivity contribution in [2.24, 2.45) is 7.05 Å². The smallest absolute Gasteiger partial charge is 0.231 e. The highest BCUT2D eigenvalue weighted by Gasteiger charge is 2.21. The van der Waals surface area contributed by atoms with Crippen molar-refractivity contribution in [2.75, 3.05) is 6.79 Å². The summed E-state index contributed by atoms with van der Waals surface area (Å²) < 4.78 is 18.8. The fraction of sp³-hybridized carbons (Fsp3) is 0.227. The lowest BCUT2D eigenvalue weighted by Crippen LogP contribution is -3.00. The van der Waals surface area contributed by atoms with Gasteiger partial charge in [-0.3, -0.25) is 0 Å². The van der Waals surface area contributed by atoms with E-state index in [2.05, 4.69) is 12.1 Å². The van der Waals surface area contributed by atoms with Crippen molar-refractivity contribution in [3.05, 3.63) is 42.6 Å². The molecule has 144 valence electrons. The fourth-order valence-electron chi connectivity index (χ4n) is 3.86. The molecule has 5 rings (SSSR count). The van der Waals surface area contributed by atoms with Gasteiger partial charge >= 0.3 is 0 Å². The van der Waals surface area contributed by atoms with Crippen LogP contribution in [0.3, 0.4) is 0 Å². The van der Waals surface area contributed by atoms with Crippen LogP contribution in [0.15, 0.2) is 42.6 Å². The second kappa shape index (κ2) is 6.60. The third-order valence-electron chi connectivity index (χ3n) is 4.99. The minimum absolute atomic E-state index is 0. The van der Waals surface area contributed by atoms with E-state index < -0.39 is 0 Å². The molecule has 3 aromatic carbocycles. The Morgan fingerprint density at radius 2 is 1.68 bits per heavy atom. The summed E-state index contributed by atoms with van der Waals surface area (Å²) in [5.41, 5.74) is 1.08. The molecule has 0 saturated heterocycles. The lowest BCUT2D eigenvalue weighted by molar-refractivity contribution is -0.642. The number of pyridine rings is 1. The zero-order valence-corrected chi connectivity index (χ0v) is 16.6. The number of hydrogen-bond donors (Lipinski definition) is 1.